The van der Waals surface area contributed by atoms with Crippen LogP contribution >= 0.6 is 0 Å². The molecule has 0 spiro atoms. The van der Waals surface area contributed by atoms with Crippen LogP contribution in [0.15, 0.2) is 28.8 Å². The fourth-order valence-electron chi connectivity index (χ4n) is 3.85. The summed E-state index contributed by atoms with van der Waals surface area (Å²) in [6, 6.07) is 7.36. The minimum atomic E-state index is 0.0358. The van der Waals surface area contributed by atoms with E-state index in [4.69, 9.17) is 14.0 Å². The van der Waals surface area contributed by atoms with Crippen molar-refractivity contribution in [1.29, 1.82) is 0 Å². The minimum absolute atomic E-state index is 0.0358. The van der Waals surface area contributed by atoms with Crippen LogP contribution in [0.3, 0.4) is 0 Å². The van der Waals surface area contributed by atoms with Gasteiger partial charge in [0.25, 0.3) is 5.91 Å². The van der Waals surface area contributed by atoms with E-state index in [9.17, 15) is 4.79 Å². The van der Waals surface area contributed by atoms with Gasteiger partial charge < -0.3 is 18.9 Å². The first-order chi connectivity index (χ1) is 12.6. The number of likely N-dealkylation sites (tertiary alicyclic amines) is 1. The number of carbonyl (C=O) groups excluding carboxylic acids is 1. The molecule has 4 rings (SSSR count). The van der Waals surface area contributed by atoms with Crippen LogP contribution in [-0.4, -0.2) is 52.9 Å². The Morgan fingerprint density at radius 2 is 2.27 bits per heavy atom. The normalized spacial score (nSPS) is 24.7. The summed E-state index contributed by atoms with van der Waals surface area (Å²) in [5, 5.41) is 3.82. The molecule has 2 aromatic rings. The van der Waals surface area contributed by atoms with Crippen molar-refractivity contribution in [3.05, 3.63) is 41.5 Å². The number of amides is 1. The summed E-state index contributed by atoms with van der Waals surface area (Å²) in [6.45, 7) is 5.67. The Morgan fingerprint density at radius 1 is 1.38 bits per heavy atom. The Hall–Kier alpha value is -2.41. The number of nitrogens with zero attached hydrogens (tertiary/aromatic N) is 3. The van der Waals surface area contributed by atoms with E-state index in [2.05, 4.69) is 10.1 Å². The van der Waals surface area contributed by atoms with Gasteiger partial charge in [0.2, 0.25) is 5.89 Å². The van der Waals surface area contributed by atoms with E-state index < -0.39 is 0 Å². The summed E-state index contributed by atoms with van der Waals surface area (Å²) in [5.41, 5.74) is 0.661. The van der Waals surface area contributed by atoms with Crippen molar-refractivity contribution < 1.29 is 18.8 Å². The van der Waals surface area contributed by atoms with Gasteiger partial charge in [0, 0.05) is 24.6 Å². The van der Waals surface area contributed by atoms with Crippen molar-refractivity contribution in [2.45, 2.75) is 38.9 Å². The van der Waals surface area contributed by atoms with Crippen LogP contribution in [0.1, 0.15) is 35.4 Å². The first kappa shape index (κ1) is 17.0. The lowest BCUT2D eigenvalue weighted by atomic mass is 10.0. The highest BCUT2D eigenvalue weighted by molar-refractivity contribution is 5.94. The number of carbonyl (C=O) groups is 1. The third-order valence-corrected chi connectivity index (χ3v) is 4.97. The van der Waals surface area contributed by atoms with Gasteiger partial charge in [-0.25, -0.2) is 0 Å². The average molecular weight is 357 g/mol. The maximum Gasteiger partial charge on any atom is 0.254 e. The van der Waals surface area contributed by atoms with Crippen molar-refractivity contribution in [2.75, 3.05) is 19.7 Å². The van der Waals surface area contributed by atoms with Crippen molar-refractivity contribution >= 4 is 5.91 Å². The third-order valence-electron chi connectivity index (χ3n) is 4.97. The molecule has 1 aromatic heterocycles. The van der Waals surface area contributed by atoms with Gasteiger partial charge in [0.15, 0.2) is 5.82 Å². The van der Waals surface area contributed by atoms with Crippen LogP contribution < -0.4 is 4.74 Å². The van der Waals surface area contributed by atoms with E-state index in [0.29, 0.717) is 42.8 Å². The Kier molecular flexibility index (Phi) is 4.63. The molecule has 26 heavy (non-hydrogen) atoms. The quantitative estimate of drug-likeness (QED) is 0.817. The average Bonchev–Trinajstić information content (AvgIpc) is 3.30. The summed E-state index contributed by atoms with van der Waals surface area (Å²) in [5.74, 6) is 2.39. The first-order valence-corrected chi connectivity index (χ1v) is 9.09. The van der Waals surface area contributed by atoms with Crippen LogP contribution in [0.4, 0.5) is 0 Å². The third kappa shape index (κ3) is 3.44. The van der Waals surface area contributed by atoms with Gasteiger partial charge in [-0.3, -0.25) is 4.79 Å². The van der Waals surface area contributed by atoms with Gasteiger partial charge in [-0.2, -0.15) is 4.98 Å². The number of aromatic nitrogens is 2. The van der Waals surface area contributed by atoms with Crippen LogP contribution in [0.2, 0.25) is 0 Å². The molecule has 2 fully saturated rings. The first-order valence-electron chi connectivity index (χ1n) is 9.09. The van der Waals surface area contributed by atoms with Gasteiger partial charge in [-0.1, -0.05) is 11.2 Å². The maximum absolute atomic E-state index is 12.8. The van der Waals surface area contributed by atoms with Crippen molar-refractivity contribution in [2.24, 2.45) is 5.92 Å². The summed E-state index contributed by atoms with van der Waals surface area (Å²) in [7, 11) is 0. The number of fused-ring (bicyclic) bond motifs is 1. The molecule has 0 N–H and O–H groups in total. The second-order valence-corrected chi connectivity index (χ2v) is 6.90. The SMILES string of the molecule is CCOc1cccc(C(=O)N2C[C@@H]3C[C@H](Cc4nc(C)no4)O[C@@H]3C2)c1. The van der Waals surface area contributed by atoms with E-state index in [1.54, 1.807) is 6.92 Å². The Morgan fingerprint density at radius 3 is 3.00 bits per heavy atom. The molecule has 138 valence electrons. The number of aryl methyl sites for hydroxylation is 1. The van der Waals surface area contributed by atoms with Gasteiger partial charge in [-0.15, -0.1) is 0 Å². The predicted octanol–water partition coefficient (Wildman–Crippen LogP) is 2.25. The number of ether oxygens (including phenoxy) is 2. The van der Waals surface area contributed by atoms with Crippen LogP contribution in [0.5, 0.6) is 5.75 Å². The Bertz CT molecular complexity index is 777. The topological polar surface area (TPSA) is 77.7 Å². The van der Waals surface area contributed by atoms with E-state index in [0.717, 1.165) is 18.7 Å². The molecule has 7 nitrogen and oxygen atoms in total. The molecule has 0 radical (unpaired) electrons. The Labute approximate surface area is 152 Å². The van der Waals surface area contributed by atoms with E-state index in [-0.39, 0.29) is 18.1 Å². The smallest absolute Gasteiger partial charge is 0.254 e. The summed E-state index contributed by atoms with van der Waals surface area (Å²) in [6.07, 6.45) is 1.72. The lowest BCUT2D eigenvalue weighted by Gasteiger charge is -2.19. The largest absolute Gasteiger partial charge is 0.494 e. The van der Waals surface area contributed by atoms with Crippen LogP contribution in [0.25, 0.3) is 0 Å². The number of benzene rings is 1. The standard InChI is InChI=1S/C19H23N3O4/c1-3-24-15-6-4-5-13(7-15)19(23)22-10-14-8-16(25-17(14)11-22)9-18-20-12(2)21-26-18/h4-7,14,16-17H,3,8-11H2,1-2H3/t14-,16+,17+/m0/s1. The number of hydrogen-bond donors (Lipinski definition) is 0. The van der Waals surface area contributed by atoms with Crippen molar-refractivity contribution in [3.8, 4) is 5.75 Å². The monoisotopic (exact) mass is 357 g/mol. The van der Waals surface area contributed by atoms with Crippen molar-refractivity contribution in [3.63, 3.8) is 0 Å². The lowest BCUT2D eigenvalue weighted by Crippen LogP contribution is -2.31. The molecule has 0 aliphatic carbocycles. The van der Waals surface area contributed by atoms with Gasteiger partial charge >= 0.3 is 0 Å². The molecule has 0 saturated carbocycles. The Balaban J connectivity index is 1.35. The molecule has 2 saturated heterocycles. The summed E-state index contributed by atoms with van der Waals surface area (Å²) in [4.78, 5) is 18.9. The maximum atomic E-state index is 12.8. The molecule has 0 bridgehead atoms. The number of hydrogen-bond acceptors (Lipinski definition) is 6. The van der Waals surface area contributed by atoms with E-state index in [1.165, 1.54) is 0 Å². The molecule has 7 heteroatoms. The van der Waals surface area contributed by atoms with Gasteiger partial charge in [0.05, 0.1) is 25.2 Å². The molecule has 2 aliphatic rings. The summed E-state index contributed by atoms with van der Waals surface area (Å²) >= 11 is 0. The highest BCUT2D eigenvalue weighted by Crippen LogP contribution is 2.35. The zero-order valence-corrected chi connectivity index (χ0v) is 15.1. The summed E-state index contributed by atoms with van der Waals surface area (Å²) < 4.78 is 16.8. The highest BCUT2D eigenvalue weighted by atomic mass is 16.5. The zero-order valence-electron chi connectivity index (χ0n) is 15.1. The molecule has 3 heterocycles. The van der Waals surface area contributed by atoms with Crippen LogP contribution in [0, 0.1) is 12.8 Å². The molecule has 3 atom stereocenters. The minimum Gasteiger partial charge on any atom is -0.494 e. The van der Waals surface area contributed by atoms with Gasteiger partial charge in [-0.05, 0) is 38.5 Å². The van der Waals surface area contributed by atoms with E-state index in [1.807, 2.05) is 36.1 Å². The second kappa shape index (κ2) is 7.07. The fourth-order valence-corrected chi connectivity index (χ4v) is 3.85. The van der Waals surface area contributed by atoms with Crippen LogP contribution in [-0.2, 0) is 11.2 Å². The fraction of sp³-hybridized carbons (Fsp3) is 0.526. The predicted molar refractivity (Wildman–Crippen MR) is 93.0 cm³/mol. The second-order valence-electron chi connectivity index (χ2n) is 6.90. The molecule has 2 aliphatic heterocycles. The lowest BCUT2D eigenvalue weighted by molar-refractivity contribution is 0.0330. The number of rotatable bonds is 5. The highest BCUT2D eigenvalue weighted by Gasteiger charge is 2.43. The van der Waals surface area contributed by atoms with E-state index >= 15 is 0 Å². The molecule has 0 unspecified atom stereocenters. The van der Waals surface area contributed by atoms with Gasteiger partial charge in [0.1, 0.15) is 5.75 Å². The molecule has 1 aromatic carbocycles. The zero-order chi connectivity index (χ0) is 18.1. The molecular formula is C19H23N3O4. The molecule has 1 amide bonds. The molecular weight excluding hydrogens is 334 g/mol. The van der Waals surface area contributed by atoms with Crippen molar-refractivity contribution in [1.82, 2.24) is 15.0 Å².